The van der Waals surface area contributed by atoms with Crippen molar-refractivity contribution in [3.8, 4) is 23.7 Å². The van der Waals surface area contributed by atoms with Crippen LogP contribution in [0.3, 0.4) is 0 Å². The lowest BCUT2D eigenvalue weighted by atomic mass is 9.81. The third-order valence-electron chi connectivity index (χ3n) is 7.80. The molecule has 0 saturated heterocycles. The number of benzene rings is 4. The molecule has 0 saturated carbocycles. The number of rotatable bonds is 4. The Bertz CT molecular complexity index is 1580. The second-order valence-corrected chi connectivity index (χ2v) is 11.5. The molecular formula is C39H38O3. The fourth-order valence-corrected chi connectivity index (χ4v) is 5.76. The lowest BCUT2D eigenvalue weighted by Crippen LogP contribution is -2.28. The normalized spacial score (nSPS) is 11.3. The van der Waals surface area contributed by atoms with Gasteiger partial charge in [-0.2, -0.15) is 0 Å². The van der Waals surface area contributed by atoms with E-state index in [0.29, 0.717) is 22.3 Å². The van der Waals surface area contributed by atoms with Gasteiger partial charge in [-0.05, 0) is 101 Å². The van der Waals surface area contributed by atoms with Crippen LogP contribution in [-0.2, 0) is 16.0 Å². The fraction of sp³-hybridized carbons (Fsp3) is 0.256. The predicted octanol–water partition coefficient (Wildman–Crippen LogP) is 6.90. The molecule has 4 aromatic carbocycles. The number of aryl methyl sites for hydroxylation is 8. The van der Waals surface area contributed by atoms with E-state index < -0.39 is 17.0 Å². The molecule has 42 heavy (non-hydrogen) atoms. The summed E-state index contributed by atoms with van der Waals surface area (Å²) in [5, 5.41) is 24.3. The maximum Gasteiger partial charge on any atom is 0.279 e. The van der Waals surface area contributed by atoms with Crippen molar-refractivity contribution in [2.45, 2.75) is 66.6 Å². The van der Waals surface area contributed by atoms with Crippen LogP contribution in [0.4, 0.5) is 0 Å². The zero-order valence-electron chi connectivity index (χ0n) is 25.7. The third kappa shape index (κ3) is 6.09. The van der Waals surface area contributed by atoms with Gasteiger partial charge in [0.05, 0.1) is 0 Å². The van der Waals surface area contributed by atoms with Crippen LogP contribution >= 0.6 is 0 Å². The van der Waals surface area contributed by atoms with E-state index in [1.165, 1.54) is 0 Å². The van der Waals surface area contributed by atoms with Crippen LogP contribution in [0.25, 0.3) is 0 Å². The summed E-state index contributed by atoms with van der Waals surface area (Å²) in [6.07, 6.45) is 0. The molecule has 3 heteroatoms. The largest absolute Gasteiger partial charge is 0.369 e. The van der Waals surface area contributed by atoms with Gasteiger partial charge in [-0.1, -0.05) is 95.1 Å². The molecule has 0 unspecified atom stereocenters. The second kappa shape index (κ2) is 11.8. The number of carbonyl (C=O) groups excluding carboxylic acids is 1. The first kappa shape index (κ1) is 30.5. The molecule has 0 bridgehead atoms. The summed E-state index contributed by atoms with van der Waals surface area (Å²) >= 11 is 0. The number of aliphatic hydroxyl groups is 2. The number of carbonyl (C=O) groups is 1. The fourth-order valence-electron chi connectivity index (χ4n) is 5.76. The van der Waals surface area contributed by atoms with E-state index in [1.807, 2.05) is 128 Å². The molecule has 0 aliphatic heterocycles. The van der Waals surface area contributed by atoms with Crippen molar-refractivity contribution in [1.29, 1.82) is 0 Å². The predicted molar refractivity (Wildman–Crippen MR) is 170 cm³/mol. The molecule has 2 N–H and O–H groups in total. The average molecular weight is 555 g/mol. The molecule has 0 atom stereocenters. The maximum atomic E-state index is 13.2. The highest BCUT2D eigenvalue weighted by Crippen LogP contribution is 2.35. The minimum Gasteiger partial charge on any atom is -0.369 e. The summed E-state index contributed by atoms with van der Waals surface area (Å²) in [5.41, 5.74) is 6.67. The Morgan fingerprint density at radius 2 is 0.714 bits per heavy atom. The van der Waals surface area contributed by atoms with Gasteiger partial charge in [-0.25, -0.2) is 0 Å². The Hall–Kier alpha value is -4.41. The van der Waals surface area contributed by atoms with Gasteiger partial charge in [-0.3, -0.25) is 4.79 Å². The summed E-state index contributed by atoms with van der Waals surface area (Å²) in [6, 6.07) is 23.1. The molecule has 0 aliphatic rings. The molecule has 0 aliphatic carbocycles. The monoisotopic (exact) mass is 554 g/mol. The third-order valence-corrected chi connectivity index (χ3v) is 7.80. The molecule has 0 radical (unpaired) electrons. The molecule has 0 aromatic heterocycles. The van der Waals surface area contributed by atoms with Crippen LogP contribution in [0.15, 0.2) is 72.8 Å². The van der Waals surface area contributed by atoms with Gasteiger partial charge in [0.25, 0.3) is 5.78 Å². The van der Waals surface area contributed by atoms with Gasteiger partial charge in [-0.15, -0.1) is 0 Å². The molecular weight excluding hydrogens is 516 g/mol. The first-order valence-corrected chi connectivity index (χ1v) is 14.1. The summed E-state index contributed by atoms with van der Waals surface area (Å²) in [5.74, 6) is 10.3. The van der Waals surface area contributed by atoms with Crippen molar-refractivity contribution in [1.82, 2.24) is 0 Å². The minimum absolute atomic E-state index is 0.607. The molecule has 4 aromatic rings. The van der Waals surface area contributed by atoms with Crippen LogP contribution < -0.4 is 0 Å². The zero-order valence-corrected chi connectivity index (χ0v) is 25.7. The lowest BCUT2D eigenvalue weighted by Gasteiger charge is -2.27. The highest BCUT2D eigenvalue weighted by molar-refractivity contribution is 6.09. The van der Waals surface area contributed by atoms with Crippen molar-refractivity contribution < 1.29 is 15.0 Å². The van der Waals surface area contributed by atoms with Gasteiger partial charge < -0.3 is 10.2 Å². The average Bonchev–Trinajstić information content (AvgIpc) is 2.90. The van der Waals surface area contributed by atoms with Crippen molar-refractivity contribution in [2.75, 3.05) is 0 Å². The molecule has 212 valence electrons. The topological polar surface area (TPSA) is 57.5 Å². The highest BCUT2D eigenvalue weighted by Gasteiger charge is 2.34. The van der Waals surface area contributed by atoms with E-state index in [2.05, 4.69) is 23.7 Å². The van der Waals surface area contributed by atoms with E-state index in [0.717, 1.165) is 44.5 Å². The molecule has 0 heterocycles. The highest BCUT2D eigenvalue weighted by atomic mass is 16.3. The number of ketones is 1. The Morgan fingerprint density at radius 3 is 0.929 bits per heavy atom. The van der Waals surface area contributed by atoms with E-state index in [1.54, 1.807) is 0 Å². The summed E-state index contributed by atoms with van der Waals surface area (Å²) in [4.78, 5) is 13.2. The minimum atomic E-state index is -1.73. The van der Waals surface area contributed by atoms with Crippen molar-refractivity contribution in [3.05, 3.63) is 140 Å². The molecule has 4 rings (SSSR count). The van der Waals surface area contributed by atoms with Crippen LogP contribution in [0.1, 0.15) is 66.8 Å². The first-order chi connectivity index (χ1) is 19.7. The van der Waals surface area contributed by atoms with Gasteiger partial charge in [0.1, 0.15) is 0 Å². The van der Waals surface area contributed by atoms with Gasteiger partial charge in [0, 0.05) is 22.3 Å². The van der Waals surface area contributed by atoms with E-state index in [9.17, 15) is 15.0 Å². The number of Topliss-reactive ketones (excluding diaryl/α,β-unsaturated/α-hetero) is 1. The first-order valence-electron chi connectivity index (χ1n) is 14.1. The molecule has 0 fully saturated rings. The number of hydrogen-bond acceptors (Lipinski definition) is 3. The lowest BCUT2D eigenvalue weighted by molar-refractivity contribution is -0.109. The summed E-state index contributed by atoms with van der Waals surface area (Å²) in [6.45, 7) is 15.7. The van der Waals surface area contributed by atoms with E-state index in [4.69, 9.17) is 0 Å². The van der Waals surface area contributed by atoms with Crippen molar-refractivity contribution >= 4 is 5.78 Å². The Labute approximate surface area is 250 Å². The van der Waals surface area contributed by atoms with Crippen LogP contribution in [0.5, 0.6) is 0 Å². The Kier molecular flexibility index (Phi) is 8.60. The Morgan fingerprint density at radius 1 is 0.476 bits per heavy atom. The van der Waals surface area contributed by atoms with Gasteiger partial charge >= 0.3 is 0 Å². The summed E-state index contributed by atoms with van der Waals surface area (Å²) < 4.78 is 0. The maximum absolute atomic E-state index is 13.2. The van der Waals surface area contributed by atoms with Crippen LogP contribution in [0, 0.1) is 79.1 Å². The summed E-state index contributed by atoms with van der Waals surface area (Å²) in [7, 11) is 0. The second-order valence-electron chi connectivity index (χ2n) is 11.5. The van der Waals surface area contributed by atoms with Crippen molar-refractivity contribution in [2.24, 2.45) is 0 Å². The smallest absolute Gasteiger partial charge is 0.279 e. The molecule has 0 amide bonds. The van der Waals surface area contributed by atoms with Gasteiger partial charge in [0.2, 0.25) is 0 Å². The zero-order chi connectivity index (χ0) is 30.8. The van der Waals surface area contributed by atoms with Crippen LogP contribution in [0.2, 0.25) is 0 Å². The molecule has 0 spiro atoms. The Balaban J connectivity index is 1.86. The molecule has 3 nitrogen and oxygen atoms in total. The SMILES string of the molecule is Cc1ccc(C(O)(C#CC(=O)C#CC(O)(c2ccc(C)cc2C)c2ccc(C)cc2C)c2ccc(C)cc2C)c(C)c1. The van der Waals surface area contributed by atoms with E-state index >= 15 is 0 Å². The van der Waals surface area contributed by atoms with Gasteiger partial charge in [0.15, 0.2) is 11.2 Å². The number of hydrogen-bond donors (Lipinski definition) is 2. The quantitative estimate of drug-likeness (QED) is 0.213. The van der Waals surface area contributed by atoms with Crippen LogP contribution in [-0.4, -0.2) is 16.0 Å². The van der Waals surface area contributed by atoms with Crippen molar-refractivity contribution in [3.63, 3.8) is 0 Å². The van der Waals surface area contributed by atoms with E-state index in [-0.39, 0.29) is 0 Å². The standard InChI is InChI=1S/C39H38O3/c1-25-9-13-34(29(5)21-25)38(41,35-14-10-26(2)22-30(35)6)19-17-33(40)18-20-39(42,36-15-11-27(3)23-31(36)7)37-16-12-28(4)24-32(37)8/h9-16,21-24,41-42H,1-8H3.